The van der Waals surface area contributed by atoms with Gasteiger partial charge in [0, 0.05) is 12.5 Å². The standard InChI is InChI=1S/C11H16FN3O/c1-3-13-7-8(2)11(16)15-10-6-4-5-9(12)14-10/h4-6,8,13H,3,7H2,1-2H3,(H,14,15,16). The van der Waals surface area contributed by atoms with Crippen LogP contribution >= 0.6 is 0 Å². The first-order chi connectivity index (χ1) is 7.63. The molecule has 0 aliphatic rings. The monoisotopic (exact) mass is 225 g/mol. The number of carbonyl (C=O) groups excluding carboxylic acids is 1. The lowest BCUT2D eigenvalue weighted by Gasteiger charge is -2.11. The Hall–Kier alpha value is -1.49. The average Bonchev–Trinajstić information content (AvgIpc) is 2.25. The van der Waals surface area contributed by atoms with E-state index in [0.29, 0.717) is 6.54 Å². The molecule has 1 aromatic rings. The van der Waals surface area contributed by atoms with Gasteiger partial charge in [0.05, 0.1) is 0 Å². The van der Waals surface area contributed by atoms with E-state index in [4.69, 9.17) is 0 Å². The molecule has 1 atom stereocenters. The fourth-order valence-corrected chi connectivity index (χ4v) is 1.18. The Morgan fingerprint density at radius 2 is 2.31 bits per heavy atom. The van der Waals surface area contributed by atoms with E-state index in [-0.39, 0.29) is 17.6 Å². The Balaban J connectivity index is 2.50. The van der Waals surface area contributed by atoms with Crippen molar-refractivity contribution in [2.75, 3.05) is 18.4 Å². The molecule has 0 aliphatic carbocycles. The van der Waals surface area contributed by atoms with Crippen LogP contribution in [-0.4, -0.2) is 24.0 Å². The van der Waals surface area contributed by atoms with E-state index in [1.807, 2.05) is 6.92 Å². The summed E-state index contributed by atoms with van der Waals surface area (Å²) in [5.74, 6) is -0.699. The smallest absolute Gasteiger partial charge is 0.229 e. The summed E-state index contributed by atoms with van der Waals surface area (Å²) in [6.45, 7) is 5.18. The number of rotatable bonds is 5. The van der Waals surface area contributed by atoms with Crippen LogP contribution in [0.4, 0.5) is 10.2 Å². The largest absolute Gasteiger partial charge is 0.316 e. The number of nitrogens with one attached hydrogen (secondary N) is 2. The normalized spacial score (nSPS) is 12.2. The Morgan fingerprint density at radius 3 is 2.94 bits per heavy atom. The Morgan fingerprint density at radius 1 is 1.56 bits per heavy atom. The topological polar surface area (TPSA) is 54.0 Å². The number of anilines is 1. The molecule has 0 aromatic carbocycles. The number of amides is 1. The van der Waals surface area contributed by atoms with E-state index >= 15 is 0 Å². The van der Waals surface area contributed by atoms with Gasteiger partial charge in [-0.1, -0.05) is 19.9 Å². The summed E-state index contributed by atoms with van der Waals surface area (Å²) in [5.41, 5.74) is 0. The first kappa shape index (κ1) is 12.6. The second-order valence-corrected chi connectivity index (χ2v) is 3.54. The lowest BCUT2D eigenvalue weighted by atomic mass is 10.1. The molecule has 0 saturated carbocycles. The van der Waals surface area contributed by atoms with Gasteiger partial charge < -0.3 is 10.6 Å². The molecule has 0 bridgehead atoms. The SMILES string of the molecule is CCNCC(C)C(=O)Nc1cccc(F)n1. The lowest BCUT2D eigenvalue weighted by Crippen LogP contribution is -2.30. The van der Waals surface area contributed by atoms with E-state index < -0.39 is 5.95 Å². The maximum Gasteiger partial charge on any atom is 0.229 e. The van der Waals surface area contributed by atoms with Crippen LogP contribution in [0.1, 0.15) is 13.8 Å². The number of hydrogen-bond acceptors (Lipinski definition) is 3. The third-order valence-electron chi connectivity index (χ3n) is 2.11. The summed E-state index contributed by atoms with van der Waals surface area (Å²) in [5, 5.41) is 5.63. The van der Waals surface area contributed by atoms with Crippen LogP contribution in [0.2, 0.25) is 0 Å². The number of aromatic nitrogens is 1. The molecule has 0 spiro atoms. The van der Waals surface area contributed by atoms with Crippen LogP contribution in [0, 0.1) is 11.9 Å². The fourth-order valence-electron chi connectivity index (χ4n) is 1.18. The molecule has 1 unspecified atom stereocenters. The van der Waals surface area contributed by atoms with Crippen molar-refractivity contribution in [3.8, 4) is 0 Å². The predicted octanol–water partition coefficient (Wildman–Crippen LogP) is 1.40. The Labute approximate surface area is 94.3 Å². The molecule has 88 valence electrons. The molecular formula is C11H16FN3O. The Kier molecular flexibility index (Phi) is 4.85. The Bertz CT molecular complexity index is 357. The quantitative estimate of drug-likeness (QED) is 0.745. The van der Waals surface area contributed by atoms with E-state index in [2.05, 4.69) is 15.6 Å². The third kappa shape index (κ3) is 3.94. The van der Waals surface area contributed by atoms with Crippen molar-refractivity contribution in [1.82, 2.24) is 10.3 Å². The van der Waals surface area contributed by atoms with Crippen molar-refractivity contribution in [3.05, 3.63) is 24.1 Å². The summed E-state index contributed by atoms with van der Waals surface area (Å²) < 4.78 is 12.7. The molecule has 0 saturated heterocycles. The zero-order valence-electron chi connectivity index (χ0n) is 9.46. The van der Waals surface area contributed by atoms with Crippen LogP contribution in [-0.2, 0) is 4.79 Å². The van der Waals surface area contributed by atoms with Crippen LogP contribution < -0.4 is 10.6 Å². The summed E-state index contributed by atoms with van der Waals surface area (Å²) >= 11 is 0. The molecule has 4 nitrogen and oxygen atoms in total. The molecule has 1 rings (SSSR count). The molecular weight excluding hydrogens is 209 g/mol. The van der Waals surface area contributed by atoms with E-state index in [1.165, 1.54) is 12.1 Å². The number of nitrogens with zero attached hydrogens (tertiary/aromatic N) is 1. The van der Waals surface area contributed by atoms with Gasteiger partial charge in [-0.05, 0) is 18.7 Å². The minimum absolute atomic E-state index is 0.168. The fraction of sp³-hybridized carbons (Fsp3) is 0.455. The van der Waals surface area contributed by atoms with Gasteiger partial charge in [-0.3, -0.25) is 4.79 Å². The van der Waals surface area contributed by atoms with Crippen molar-refractivity contribution < 1.29 is 9.18 Å². The van der Waals surface area contributed by atoms with Gasteiger partial charge >= 0.3 is 0 Å². The molecule has 16 heavy (non-hydrogen) atoms. The molecule has 0 radical (unpaired) electrons. The minimum Gasteiger partial charge on any atom is -0.316 e. The average molecular weight is 225 g/mol. The molecule has 1 amide bonds. The zero-order valence-corrected chi connectivity index (χ0v) is 9.46. The second-order valence-electron chi connectivity index (χ2n) is 3.54. The van der Waals surface area contributed by atoms with Gasteiger partial charge in [0.15, 0.2) is 0 Å². The van der Waals surface area contributed by atoms with Crippen molar-refractivity contribution in [3.63, 3.8) is 0 Å². The second kappa shape index (κ2) is 6.17. The van der Waals surface area contributed by atoms with Gasteiger partial charge in [0.2, 0.25) is 11.9 Å². The highest BCUT2D eigenvalue weighted by Crippen LogP contribution is 2.05. The maximum atomic E-state index is 12.7. The summed E-state index contributed by atoms with van der Waals surface area (Å²) in [4.78, 5) is 15.2. The highest BCUT2D eigenvalue weighted by atomic mass is 19.1. The highest BCUT2D eigenvalue weighted by molar-refractivity contribution is 5.91. The summed E-state index contributed by atoms with van der Waals surface area (Å²) in [6.07, 6.45) is 0. The number of pyridine rings is 1. The van der Waals surface area contributed by atoms with E-state index in [0.717, 1.165) is 6.54 Å². The zero-order chi connectivity index (χ0) is 12.0. The first-order valence-corrected chi connectivity index (χ1v) is 5.27. The van der Waals surface area contributed by atoms with Crippen molar-refractivity contribution >= 4 is 11.7 Å². The number of halogens is 1. The van der Waals surface area contributed by atoms with Crippen LogP contribution in [0.5, 0.6) is 0 Å². The van der Waals surface area contributed by atoms with Crippen LogP contribution in [0.3, 0.4) is 0 Å². The molecule has 1 heterocycles. The van der Waals surface area contributed by atoms with Gasteiger partial charge in [0.1, 0.15) is 5.82 Å². The number of hydrogen-bond donors (Lipinski definition) is 2. The van der Waals surface area contributed by atoms with Crippen molar-refractivity contribution in [1.29, 1.82) is 0 Å². The molecule has 5 heteroatoms. The highest BCUT2D eigenvalue weighted by Gasteiger charge is 2.12. The first-order valence-electron chi connectivity index (χ1n) is 5.27. The van der Waals surface area contributed by atoms with Crippen LogP contribution in [0.25, 0.3) is 0 Å². The molecule has 0 fully saturated rings. The molecule has 1 aromatic heterocycles. The third-order valence-corrected chi connectivity index (χ3v) is 2.11. The van der Waals surface area contributed by atoms with Crippen molar-refractivity contribution in [2.45, 2.75) is 13.8 Å². The van der Waals surface area contributed by atoms with Gasteiger partial charge in [-0.2, -0.15) is 4.39 Å². The predicted molar refractivity (Wildman–Crippen MR) is 60.5 cm³/mol. The lowest BCUT2D eigenvalue weighted by molar-refractivity contribution is -0.119. The van der Waals surface area contributed by atoms with Gasteiger partial charge in [-0.25, -0.2) is 4.98 Å². The van der Waals surface area contributed by atoms with E-state index in [9.17, 15) is 9.18 Å². The summed E-state index contributed by atoms with van der Waals surface area (Å²) in [6, 6.07) is 4.30. The van der Waals surface area contributed by atoms with E-state index in [1.54, 1.807) is 13.0 Å². The summed E-state index contributed by atoms with van der Waals surface area (Å²) in [7, 11) is 0. The number of carbonyl (C=O) groups is 1. The molecule has 0 aliphatic heterocycles. The van der Waals surface area contributed by atoms with Crippen molar-refractivity contribution in [2.24, 2.45) is 5.92 Å². The minimum atomic E-state index is -0.600. The molecule has 2 N–H and O–H groups in total. The van der Waals surface area contributed by atoms with Crippen LogP contribution in [0.15, 0.2) is 18.2 Å². The van der Waals surface area contributed by atoms with Gasteiger partial charge in [0.25, 0.3) is 0 Å². The maximum absolute atomic E-state index is 12.7. The van der Waals surface area contributed by atoms with Gasteiger partial charge in [-0.15, -0.1) is 0 Å².